The van der Waals surface area contributed by atoms with Crippen LogP contribution in [0, 0.1) is 22.7 Å². The molecule has 124 valence electrons. The molecule has 0 amide bonds. The molecule has 2 rings (SSSR count). The van der Waals surface area contributed by atoms with Gasteiger partial charge < -0.3 is 9.90 Å². The molecule has 0 aliphatic heterocycles. The Morgan fingerprint density at radius 2 is 1.95 bits per heavy atom. The second-order valence-electron chi connectivity index (χ2n) is 8.39. The molecule has 0 aromatic carbocycles. The highest BCUT2D eigenvalue weighted by Gasteiger charge is 2.58. The van der Waals surface area contributed by atoms with Gasteiger partial charge >= 0.3 is 0 Å². The summed E-state index contributed by atoms with van der Waals surface area (Å²) >= 11 is 0. The monoisotopic (exact) mass is 304 g/mol. The van der Waals surface area contributed by atoms with E-state index in [-0.39, 0.29) is 16.7 Å². The topological polar surface area (TPSA) is 37.3 Å². The van der Waals surface area contributed by atoms with E-state index in [1.807, 2.05) is 13.0 Å². The molecule has 1 N–H and O–H groups in total. The third-order valence-electron chi connectivity index (χ3n) is 6.82. The quantitative estimate of drug-likeness (QED) is 0.591. The van der Waals surface area contributed by atoms with Gasteiger partial charge in [0.2, 0.25) is 0 Å². The Morgan fingerprint density at radius 3 is 2.55 bits per heavy atom. The van der Waals surface area contributed by atoms with Crippen LogP contribution in [0.25, 0.3) is 0 Å². The fourth-order valence-electron chi connectivity index (χ4n) is 5.56. The van der Waals surface area contributed by atoms with Crippen LogP contribution in [0.2, 0.25) is 0 Å². The maximum atomic E-state index is 11.8. The van der Waals surface area contributed by atoms with E-state index in [9.17, 15) is 9.90 Å². The number of fused-ring (bicyclic) bond motifs is 1. The van der Waals surface area contributed by atoms with Crippen molar-refractivity contribution in [3.8, 4) is 0 Å². The van der Waals surface area contributed by atoms with E-state index in [0.29, 0.717) is 5.92 Å². The van der Waals surface area contributed by atoms with Crippen molar-refractivity contribution in [2.45, 2.75) is 71.3 Å². The zero-order chi connectivity index (χ0) is 16.6. The van der Waals surface area contributed by atoms with Crippen LogP contribution in [-0.4, -0.2) is 17.0 Å². The average Bonchev–Trinajstić information content (AvgIpc) is 2.45. The summed E-state index contributed by atoms with van der Waals surface area (Å²) in [7, 11) is 0. The second-order valence-corrected chi connectivity index (χ2v) is 8.39. The van der Waals surface area contributed by atoms with E-state index in [1.165, 1.54) is 6.29 Å². The molecule has 1 unspecified atom stereocenters. The molecule has 2 aliphatic carbocycles. The number of aldehydes is 1. The first kappa shape index (κ1) is 17.5. The Labute approximate surface area is 135 Å². The molecule has 5 atom stereocenters. The Bertz CT molecular complexity index is 464. The highest BCUT2D eigenvalue weighted by molar-refractivity contribution is 5.60. The van der Waals surface area contributed by atoms with Crippen LogP contribution in [0.15, 0.2) is 24.8 Å². The van der Waals surface area contributed by atoms with Crippen LogP contribution >= 0.6 is 0 Å². The Morgan fingerprint density at radius 1 is 1.27 bits per heavy atom. The van der Waals surface area contributed by atoms with Crippen molar-refractivity contribution >= 4 is 6.29 Å². The summed E-state index contributed by atoms with van der Waals surface area (Å²) in [6.45, 7) is 14.2. The lowest BCUT2D eigenvalue weighted by Gasteiger charge is -2.60. The SMILES string of the molecule is C=CC(=C)CC[C@@H]1[C@@]2(C)CCC[C@](C)(C=O)C2CC[C@@]1(C)O. The van der Waals surface area contributed by atoms with Crippen molar-refractivity contribution in [3.05, 3.63) is 24.8 Å². The molecule has 0 bridgehead atoms. The molecule has 0 aromatic rings. The van der Waals surface area contributed by atoms with Crippen molar-refractivity contribution in [2.75, 3.05) is 0 Å². The van der Waals surface area contributed by atoms with Crippen LogP contribution in [0.1, 0.15) is 65.7 Å². The summed E-state index contributed by atoms with van der Waals surface area (Å²) in [4.78, 5) is 11.8. The number of carbonyl (C=O) groups is 1. The van der Waals surface area contributed by atoms with E-state index in [4.69, 9.17) is 0 Å². The minimum absolute atomic E-state index is 0.0388. The molecule has 2 saturated carbocycles. The smallest absolute Gasteiger partial charge is 0.126 e. The number of allylic oxidation sites excluding steroid dienone is 2. The van der Waals surface area contributed by atoms with Crippen LogP contribution in [0.3, 0.4) is 0 Å². The summed E-state index contributed by atoms with van der Waals surface area (Å²) in [5.41, 5.74) is 0.206. The minimum Gasteiger partial charge on any atom is -0.390 e. The first-order chi connectivity index (χ1) is 10.2. The molecular weight excluding hydrogens is 272 g/mol. The van der Waals surface area contributed by atoms with Gasteiger partial charge in [0.1, 0.15) is 6.29 Å². The number of hydrogen-bond donors (Lipinski definition) is 1. The molecular formula is C20H32O2. The first-order valence-electron chi connectivity index (χ1n) is 8.68. The summed E-state index contributed by atoms with van der Waals surface area (Å²) in [5, 5.41) is 11.0. The molecule has 2 fully saturated rings. The van der Waals surface area contributed by atoms with E-state index < -0.39 is 5.60 Å². The lowest BCUT2D eigenvalue weighted by Crippen LogP contribution is -2.58. The zero-order valence-corrected chi connectivity index (χ0v) is 14.5. The molecule has 0 aromatic heterocycles. The second kappa shape index (κ2) is 5.96. The highest BCUT2D eigenvalue weighted by atomic mass is 16.3. The van der Waals surface area contributed by atoms with E-state index >= 15 is 0 Å². The molecule has 2 nitrogen and oxygen atoms in total. The lowest BCUT2D eigenvalue weighted by molar-refractivity contribution is -0.173. The van der Waals surface area contributed by atoms with Gasteiger partial charge in [0.25, 0.3) is 0 Å². The van der Waals surface area contributed by atoms with Crippen LogP contribution in [0.5, 0.6) is 0 Å². The summed E-state index contributed by atoms with van der Waals surface area (Å²) in [5.74, 6) is 0.600. The van der Waals surface area contributed by atoms with Crippen LogP contribution < -0.4 is 0 Å². The van der Waals surface area contributed by atoms with Gasteiger partial charge in [-0.25, -0.2) is 0 Å². The molecule has 0 heterocycles. The summed E-state index contributed by atoms with van der Waals surface area (Å²) < 4.78 is 0. The van der Waals surface area contributed by atoms with Crippen molar-refractivity contribution in [3.63, 3.8) is 0 Å². The molecule has 2 heteroatoms. The summed E-state index contributed by atoms with van der Waals surface area (Å²) in [6.07, 6.45) is 9.75. The van der Waals surface area contributed by atoms with Crippen LogP contribution in [0.4, 0.5) is 0 Å². The van der Waals surface area contributed by atoms with E-state index in [2.05, 4.69) is 27.0 Å². The normalized spacial score (nSPS) is 44.9. The Balaban J connectivity index is 2.32. The van der Waals surface area contributed by atoms with Crippen molar-refractivity contribution < 1.29 is 9.90 Å². The standard InChI is InChI=1S/C20H32O2/c1-6-15(2)8-9-17-19(4)12-7-11-18(3,14-21)16(19)10-13-20(17,5)22/h6,14,16-17,22H,1-2,7-13H2,3-5H3/t16?,17-,18-,19+,20-/m1/s1. The zero-order valence-electron chi connectivity index (χ0n) is 14.5. The molecule has 0 spiro atoms. The first-order valence-corrected chi connectivity index (χ1v) is 8.68. The average molecular weight is 304 g/mol. The van der Waals surface area contributed by atoms with Crippen molar-refractivity contribution in [1.29, 1.82) is 0 Å². The highest BCUT2D eigenvalue weighted by Crippen LogP contribution is 2.62. The predicted octanol–water partition coefficient (Wildman–Crippen LogP) is 4.68. The number of carbonyl (C=O) groups excluding carboxylic acids is 1. The molecule has 0 saturated heterocycles. The van der Waals surface area contributed by atoms with Gasteiger partial charge in [0.15, 0.2) is 0 Å². The maximum Gasteiger partial charge on any atom is 0.126 e. The van der Waals surface area contributed by atoms with E-state index in [1.54, 1.807) is 0 Å². The van der Waals surface area contributed by atoms with Gasteiger partial charge in [-0.3, -0.25) is 0 Å². The molecule has 2 aliphatic rings. The number of hydrogen-bond acceptors (Lipinski definition) is 2. The van der Waals surface area contributed by atoms with Gasteiger partial charge in [-0.05, 0) is 62.7 Å². The maximum absolute atomic E-state index is 11.8. The van der Waals surface area contributed by atoms with Gasteiger partial charge in [-0.15, -0.1) is 0 Å². The third-order valence-corrected chi connectivity index (χ3v) is 6.82. The van der Waals surface area contributed by atoms with Gasteiger partial charge in [-0.1, -0.05) is 45.1 Å². The van der Waals surface area contributed by atoms with Crippen molar-refractivity contribution in [1.82, 2.24) is 0 Å². The minimum atomic E-state index is -0.645. The van der Waals surface area contributed by atoms with Crippen LogP contribution in [-0.2, 0) is 4.79 Å². The Hall–Kier alpha value is -0.890. The van der Waals surface area contributed by atoms with Crippen molar-refractivity contribution in [2.24, 2.45) is 22.7 Å². The number of aliphatic hydroxyl groups is 1. The lowest BCUT2D eigenvalue weighted by atomic mass is 9.45. The third kappa shape index (κ3) is 2.82. The predicted molar refractivity (Wildman–Crippen MR) is 91.5 cm³/mol. The summed E-state index contributed by atoms with van der Waals surface area (Å²) in [6, 6.07) is 0. The van der Waals surface area contributed by atoms with Gasteiger partial charge in [-0.2, -0.15) is 0 Å². The molecule has 0 radical (unpaired) electrons. The Kier molecular flexibility index (Phi) is 4.73. The van der Waals surface area contributed by atoms with E-state index in [0.717, 1.165) is 50.5 Å². The largest absolute Gasteiger partial charge is 0.390 e. The van der Waals surface area contributed by atoms with Gasteiger partial charge in [0.05, 0.1) is 5.60 Å². The van der Waals surface area contributed by atoms with Gasteiger partial charge in [0, 0.05) is 5.41 Å². The fraction of sp³-hybridized carbons (Fsp3) is 0.750. The molecule has 22 heavy (non-hydrogen) atoms. The fourth-order valence-corrected chi connectivity index (χ4v) is 5.56. The number of rotatable bonds is 5.